The van der Waals surface area contributed by atoms with E-state index in [1.54, 1.807) is 0 Å². The highest BCUT2D eigenvalue weighted by atomic mass is 32.1. The van der Waals surface area contributed by atoms with Crippen LogP contribution < -0.4 is 10.6 Å². The molecule has 0 amide bonds. The van der Waals surface area contributed by atoms with Crippen molar-refractivity contribution in [2.24, 2.45) is 0 Å². The van der Waals surface area contributed by atoms with Gasteiger partial charge < -0.3 is 15.5 Å². The lowest BCUT2D eigenvalue weighted by Gasteiger charge is -2.33. The van der Waals surface area contributed by atoms with E-state index >= 15 is 0 Å². The van der Waals surface area contributed by atoms with Gasteiger partial charge in [0.15, 0.2) is 5.82 Å². The number of hydrogen-bond donors (Lipinski definition) is 1. The second kappa shape index (κ2) is 5.70. The number of nitrogen functional groups attached to an aromatic ring is 1. The van der Waals surface area contributed by atoms with Gasteiger partial charge in [0, 0.05) is 36.3 Å². The number of alkyl halides is 3. The van der Waals surface area contributed by atoms with Crippen molar-refractivity contribution in [1.82, 2.24) is 14.9 Å². The van der Waals surface area contributed by atoms with Crippen LogP contribution in [0.1, 0.15) is 5.56 Å². The maximum atomic E-state index is 13.0. The quantitative estimate of drug-likeness (QED) is 0.716. The minimum absolute atomic E-state index is 0.140. The molecule has 0 spiro atoms. The Morgan fingerprint density at radius 1 is 1.12 bits per heavy atom. The van der Waals surface area contributed by atoms with Crippen molar-refractivity contribution in [3.63, 3.8) is 0 Å². The van der Waals surface area contributed by atoms with Crippen molar-refractivity contribution < 1.29 is 13.2 Å². The van der Waals surface area contributed by atoms with Crippen LogP contribution in [0.2, 0.25) is 0 Å². The zero-order valence-electron chi connectivity index (χ0n) is 13.5. The Kier molecular flexibility index (Phi) is 3.73. The molecule has 2 aromatic heterocycles. The first kappa shape index (κ1) is 16.3. The second-order valence-corrected chi connectivity index (χ2v) is 7.24. The van der Waals surface area contributed by atoms with Crippen LogP contribution in [0.3, 0.4) is 0 Å². The molecule has 1 aliphatic heterocycles. The lowest BCUT2D eigenvalue weighted by Crippen LogP contribution is -2.44. The molecule has 2 N–H and O–H groups in total. The number of thiophene rings is 1. The minimum Gasteiger partial charge on any atom is -0.368 e. The van der Waals surface area contributed by atoms with Crippen LogP contribution in [0.5, 0.6) is 0 Å². The summed E-state index contributed by atoms with van der Waals surface area (Å²) in [7, 11) is 2.05. The highest BCUT2D eigenvalue weighted by Crippen LogP contribution is 2.40. The number of rotatable bonds is 1. The van der Waals surface area contributed by atoms with Crippen LogP contribution in [-0.2, 0) is 6.18 Å². The van der Waals surface area contributed by atoms with Gasteiger partial charge in [-0.2, -0.15) is 18.2 Å². The SMILES string of the molecule is CN1CCN(c2nc(N)nc3c2sc2cc(C(F)(F)F)ccc23)CC1. The van der Waals surface area contributed by atoms with E-state index < -0.39 is 11.7 Å². The summed E-state index contributed by atoms with van der Waals surface area (Å²) < 4.78 is 40.3. The van der Waals surface area contributed by atoms with E-state index in [0.29, 0.717) is 21.4 Å². The van der Waals surface area contributed by atoms with Gasteiger partial charge in [-0.15, -0.1) is 11.3 Å². The Hall–Kier alpha value is -2.13. The first-order valence-corrected chi connectivity index (χ1v) is 8.65. The van der Waals surface area contributed by atoms with E-state index in [1.807, 2.05) is 0 Å². The maximum Gasteiger partial charge on any atom is 0.416 e. The summed E-state index contributed by atoms with van der Waals surface area (Å²) >= 11 is 1.29. The zero-order chi connectivity index (χ0) is 17.8. The number of nitrogens with two attached hydrogens (primary N) is 1. The molecule has 132 valence electrons. The second-order valence-electron chi connectivity index (χ2n) is 6.18. The zero-order valence-corrected chi connectivity index (χ0v) is 14.3. The monoisotopic (exact) mass is 367 g/mol. The van der Waals surface area contributed by atoms with Crippen molar-refractivity contribution in [2.75, 3.05) is 43.9 Å². The predicted molar refractivity (Wildman–Crippen MR) is 94.0 cm³/mol. The number of benzene rings is 1. The van der Waals surface area contributed by atoms with Gasteiger partial charge in [0.1, 0.15) is 0 Å². The fourth-order valence-electron chi connectivity index (χ4n) is 3.05. The third-order valence-corrected chi connectivity index (χ3v) is 5.58. The van der Waals surface area contributed by atoms with Crippen LogP contribution >= 0.6 is 11.3 Å². The van der Waals surface area contributed by atoms with Crippen LogP contribution in [0.15, 0.2) is 18.2 Å². The van der Waals surface area contributed by atoms with E-state index in [-0.39, 0.29) is 5.95 Å². The summed E-state index contributed by atoms with van der Waals surface area (Å²) in [5, 5.41) is 0.678. The molecule has 1 aromatic carbocycles. The Labute approximate surface area is 145 Å². The molecular formula is C16H16F3N5S. The fraction of sp³-hybridized carbons (Fsp3) is 0.375. The standard InChI is InChI=1S/C16H16F3N5S/c1-23-4-6-24(7-5-23)14-13-12(21-15(20)22-14)10-3-2-9(16(17,18)19)8-11(10)25-13/h2-3,8H,4-7H2,1H3,(H2,20,21,22). The molecule has 0 radical (unpaired) electrons. The smallest absolute Gasteiger partial charge is 0.368 e. The molecule has 0 bridgehead atoms. The number of fused-ring (bicyclic) bond motifs is 3. The average molecular weight is 367 g/mol. The van der Waals surface area contributed by atoms with E-state index in [1.165, 1.54) is 23.5 Å². The van der Waals surface area contributed by atoms with Gasteiger partial charge in [-0.3, -0.25) is 0 Å². The Balaban J connectivity index is 1.89. The molecule has 0 aliphatic carbocycles. The van der Waals surface area contributed by atoms with Crippen molar-refractivity contribution in [1.29, 1.82) is 0 Å². The van der Waals surface area contributed by atoms with E-state index in [4.69, 9.17) is 5.73 Å². The number of anilines is 2. The number of aromatic nitrogens is 2. The normalized spacial score (nSPS) is 16.9. The topological polar surface area (TPSA) is 58.3 Å². The van der Waals surface area contributed by atoms with Crippen molar-refractivity contribution in [3.8, 4) is 0 Å². The highest BCUT2D eigenvalue weighted by molar-refractivity contribution is 7.26. The molecule has 0 saturated carbocycles. The minimum atomic E-state index is -4.37. The number of hydrogen-bond acceptors (Lipinski definition) is 6. The van der Waals surface area contributed by atoms with Gasteiger partial charge in [-0.25, -0.2) is 4.98 Å². The Morgan fingerprint density at radius 3 is 2.52 bits per heavy atom. The van der Waals surface area contributed by atoms with Crippen LogP contribution in [-0.4, -0.2) is 48.1 Å². The molecule has 0 atom stereocenters. The first-order valence-electron chi connectivity index (χ1n) is 7.83. The summed E-state index contributed by atoms with van der Waals surface area (Å²) in [5.74, 6) is 0.853. The largest absolute Gasteiger partial charge is 0.416 e. The van der Waals surface area contributed by atoms with Gasteiger partial charge in [-0.1, -0.05) is 6.07 Å². The number of nitrogens with zero attached hydrogens (tertiary/aromatic N) is 4. The molecule has 0 unspecified atom stereocenters. The molecule has 5 nitrogen and oxygen atoms in total. The molecule has 3 heterocycles. The van der Waals surface area contributed by atoms with Crippen LogP contribution in [0.4, 0.5) is 24.9 Å². The number of likely N-dealkylation sites (N-methyl/N-ethyl adjacent to an activating group) is 1. The first-order chi connectivity index (χ1) is 11.8. The predicted octanol–water partition coefficient (Wildman–Crippen LogP) is 3.20. The molecule has 1 fully saturated rings. The molecular weight excluding hydrogens is 351 g/mol. The molecule has 4 rings (SSSR count). The maximum absolute atomic E-state index is 13.0. The molecule has 9 heteroatoms. The van der Waals surface area contributed by atoms with Gasteiger partial charge in [0.05, 0.1) is 15.8 Å². The van der Waals surface area contributed by atoms with E-state index in [2.05, 4.69) is 26.8 Å². The molecule has 3 aromatic rings. The Bertz CT molecular complexity index is 944. The van der Waals surface area contributed by atoms with Gasteiger partial charge in [-0.05, 0) is 19.2 Å². The van der Waals surface area contributed by atoms with E-state index in [0.717, 1.165) is 36.9 Å². The summed E-state index contributed by atoms with van der Waals surface area (Å²) in [6, 6.07) is 3.73. The third kappa shape index (κ3) is 2.87. The lowest BCUT2D eigenvalue weighted by atomic mass is 10.1. The summed E-state index contributed by atoms with van der Waals surface area (Å²) in [6.45, 7) is 3.39. The summed E-state index contributed by atoms with van der Waals surface area (Å²) in [6.07, 6.45) is -4.37. The molecule has 25 heavy (non-hydrogen) atoms. The van der Waals surface area contributed by atoms with Crippen molar-refractivity contribution >= 4 is 43.4 Å². The van der Waals surface area contributed by atoms with E-state index in [9.17, 15) is 13.2 Å². The molecule has 1 aliphatic rings. The number of piperazine rings is 1. The van der Waals surface area contributed by atoms with Gasteiger partial charge in [0.2, 0.25) is 5.95 Å². The van der Waals surface area contributed by atoms with Crippen molar-refractivity contribution in [2.45, 2.75) is 6.18 Å². The fourth-order valence-corrected chi connectivity index (χ4v) is 4.25. The number of halogens is 3. The highest BCUT2D eigenvalue weighted by Gasteiger charge is 2.31. The van der Waals surface area contributed by atoms with Gasteiger partial charge in [0.25, 0.3) is 0 Å². The van der Waals surface area contributed by atoms with Crippen LogP contribution in [0.25, 0.3) is 20.3 Å². The lowest BCUT2D eigenvalue weighted by molar-refractivity contribution is -0.137. The average Bonchev–Trinajstić information content (AvgIpc) is 2.92. The molecule has 1 saturated heterocycles. The summed E-state index contributed by atoms with van der Waals surface area (Å²) in [5.41, 5.74) is 5.84. The van der Waals surface area contributed by atoms with Crippen molar-refractivity contribution in [3.05, 3.63) is 23.8 Å². The van der Waals surface area contributed by atoms with Crippen LogP contribution in [0, 0.1) is 0 Å². The Morgan fingerprint density at radius 2 is 1.84 bits per heavy atom. The van der Waals surface area contributed by atoms with Gasteiger partial charge >= 0.3 is 6.18 Å². The third-order valence-electron chi connectivity index (χ3n) is 4.44. The summed E-state index contributed by atoms with van der Waals surface area (Å²) in [4.78, 5) is 13.0.